The van der Waals surface area contributed by atoms with Crippen molar-refractivity contribution in [1.82, 2.24) is 14.9 Å². The van der Waals surface area contributed by atoms with E-state index < -0.39 is 0 Å². The lowest BCUT2D eigenvalue weighted by Gasteiger charge is -2.34. The first kappa shape index (κ1) is 18.8. The lowest BCUT2D eigenvalue weighted by atomic mass is 10.2. The van der Waals surface area contributed by atoms with Crippen LogP contribution in [0.5, 0.6) is 0 Å². The van der Waals surface area contributed by atoms with Crippen LogP contribution in [-0.4, -0.2) is 47.6 Å². The van der Waals surface area contributed by atoms with Gasteiger partial charge in [0.25, 0.3) is 0 Å². The highest BCUT2D eigenvalue weighted by Crippen LogP contribution is 2.33. The molecule has 1 aliphatic rings. The van der Waals surface area contributed by atoms with Gasteiger partial charge in [0, 0.05) is 44.5 Å². The first-order valence-electron chi connectivity index (χ1n) is 10.7. The fraction of sp³-hybridized carbons (Fsp3) is 0.280. The third-order valence-electron chi connectivity index (χ3n) is 5.71. The number of hydrogen-bond acceptors (Lipinski definition) is 5. The molecule has 5 heteroatoms. The van der Waals surface area contributed by atoms with Gasteiger partial charge in [-0.15, -0.1) is 0 Å². The monoisotopic (exact) mass is 398 g/mol. The van der Waals surface area contributed by atoms with Gasteiger partial charge in [-0.3, -0.25) is 4.90 Å². The number of aryl methyl sites for hydroxylation is 1. The molecule has 0 saturated carbocycles. The number of rotatable bonds is 5. The van der Waals surface area contributed by atoms with E-state index in [0.29, 0.717) is 0 Å². The topological polar surface area (TPSA) is 45.4 Å². The predicted octanol–water partition coefficient (Wildman–Crippen LogP) is 4.77. The van der Waals surface area contributed by atoms with Crippen LogP contribution in [0.25, 0.3) is 28.1 Å². The quantitative estimate of drug-likeness (QED) is 0.484. The zero-order valence-electron chi connectivity index (χ0n) is 17.3. The summed E-state index contributed by atoms with van der Waals surface area (Å²) in [5, 5.41) is 1.07. The Kier molecular flexibility index (Phi) is 5.20. The van der Waals surface area contributed by atoms with Crippen LogP contribution in [0.2, 0.25) is 0 Å². The van der Waals surface area contributed by atoms with Gasteiger partial charge in [-0.25, -0.2) is 9.97 Å². The van der Waals surface area contributed by atoms with Gasteiger partial charge in [0.05, 0.1) is 0 Å². The second kappa shape index (κ2) is 8.28. The van der Waals surface area contributed by atoms with Crippen molar-refractivity contribution in [2.75, 3.05) is 37.6 Å². The molecule has 0 bridgehead atoms. The molecule has 0 atom stereocenters. The molecule has 0 aliphatic carbocycles. The summed E-state index contributed by atoms with van der Waals surface area (Å²) >= 11 is 0. The van der Waals surface area contributed by atoms with Crippen molar-refractivity contribution < 1.29 is 4.42 Å². The molecule has 5 rings (SSSR count). The summed E-state index contributed by atoms with van der Waals surface area (Å²) in [6.07, 6.45) is 5.26. The SMILES string of the molecule is CCc1nc(N2CCN(CC=Cc3ccccc3)CC2)c2oc3ccccc3c2n1. The molecule has 152 valence electrons. The number of aromatic nitrogens is 2. The molecule has 30 heavy (non-hydrogen) atoms. The minimum absolute atomic E-state index is 0.811. The Balaban J connectivity index is 1.34. The van der Waals surface area contributed by atoms with Crippen LogP contribution in [0.4, 0.5) is 5.82 Å². The smallest absolute Gasteiger partial charge is 0.196 e. The van der Waals surface area contributed by atoms with Gasteiger partial charge in [0.2, 0.25) is 0 Å². The van der Waals surface area contributed by atoms with Crippen molar-refractivity contribution >= 4 is 34.0 Å². The highest BCUT2D eigenvalue weighted by atomic mass is 16.3. The predicted molar refractivity (Wildman–Crippen MR) is 123 cm³/mol. The molecule has 0 unspecified atom stereocenters. The van der Waals surface area contributed by atoms with E-state index >= 15 is 0 Å². The molecular formula is C25H26N4O. The summed E-state index contributed by atoms with van der Waals surface area (Å²) in [7, 11) is 0. The number of para-hydroxylation sites is 1. The third-order valence-corrected chi connectivity index (χ3v) is 5.71. The minimum Gasteiger partial charge on any atom is -0.450 e. The van der Waals surface area contributed by atoms with E-state index in [0.717, 1.165) is 72.9 Å². The van der Waals surface area contributed by atoms with E-state index in [2.05, 4.69) is 59.2 Å². The summed E-state index contributed by atoms with van der Waals surface area (Å²) in [4.78, 5) is 14.5. The first-order valence-corrected chi connectivity index (χ1v) is 10.7. The van der Waals surface area contributed by atoms with Gasteiger partial charge in [0.1, 0.15) is 16.9 Å². The maximum Gasteiger partial charge on any atom is 0.196 e. The molecule has 2 aromatic heterocycles. The third kappa shape index (κ3) is 3.68. The molecule has 0 spiro atoms. The Morgan fingerprint density at radius 1 is 0.933 bits per heavy atom. The van der Waals surface area contributed by atoms with Gasteiger partial charge in [-0.2, -0.15) is 0 Å². The summed E-state index contributed by atoms with van der Waals surface area (Å²) in [5.74, 6) is 1.81. The Morgan fingerprint density at radius 3 is 2.50 bits per heavy atom. The van der Waals surface area contributed by atoms with Crippen LogP contribution in [0.15, 0.2) is 65.1 Å². The van der Waals surface area contributed by atoms with Crippen LogP contribution in [0.1, 0.15) is 18.3 Å². The van der Waals surface area contributed by atoms with Gasteiger partial charge >= 0.3 is 0 Å². The average molecular weight is 399 g/mol. The summed E-state index contributed by atoms with van der Waals surface area (Å²) in [5.41, 5.74) is 3.86. The van der Waals surface area contributed by atoms with E-state index in [9.17, 15) is 0 Å². The average Bonchev–Trinajstić information content (AvgIpc) is 3.18. The van der Waals surface area contributed by atoms with Crippen LogP contribution in [-0.2, 0) is 6.42 Å². The normalized spacial score (nSPS) is 15.6. The molecule has 0 N–H and O–H groups in total. The molecule has 0 amide bonds. The zero-order chi connectivity index (χ0) is 20.3. The summed E-state index contributed by atoms with van der Waals surface area (Å²) in [6, 6.07) is 18.6. The number of furan rings is 1. The van der Waals surface area contributed by atoms with Gasteiger partial charge in [-0.05, 0) is 17.7 Å². The Bertz CT molecular complexity index is 1170. The van der Waals surface area contributed by atoms with Crippen molar-refractivity contribution in [3.05, 3.63) is 72.1 Å². The number of piperazine rings is 1. The number of benzene rings is 2. The number of anilines is 1. The molecule has 3 heterocycles. The Morgan fingerprint density at radius 2 is 1.70 bits per heavy atom. The minimum atomic E-state index is 0.811. The van der Waals surface area contributed by atoms with Crippen molar-refractivity contribution in [3.8, 4) is 0 Å². The summed E-state index contributed by atoms with van der Waals surface area (Å²) in [6.45, 7) is 6.95. The fourth-order valence-corrected chi connectivity index (χ4v) is 4.04. The fourth-order valence-electron chi connectivity index (χ4n) is 4.04. The molecule has 4 aromatic rings. The molecule has 1 fully saturated rings. The highest BCUT2D eigenvalue weighted by molar-refractivity contribution is 6.05. The van der Waals surface area contributed by atoms with E-state index in [4.69, 9.17) is 14.4 Å². The summed E-state index contributed by atoms with van der Waals surface area (Å²) < 4.78 is 6.19. The molecule has 1 aliphatic heterocycles. The molecular weight excluding hydrogens is 372 g/mol. The maximum atomic E-state index is 6.19. The molecule has 0 radical (unpaired) electrons. The highest BCUT2D eigenvalue weighted by Gasteiger charge is 2.23. The van der Waals surface area contributed by atoms with Crippen molar-refractivity contribution in [1.29, 1.82) is 0 Å². The number of hydrogen-bond donors (Lipinski definition) is 0. The van der Waals surface area contributed by atoms with Crippen LogP contribution >= 0.6 is 0 Å². The second-order valence-electron chi connectivity index (χ2n) is 7.69. The number of nitrogens with zero attached hydrogens (tertiary/aromatic N) is 4. The lowest BCUT2D eigenvalue weighted by Crippen LogP contribution is -2.46. The van der Waals surface area contributed by atoms with Gasteiger partial charge in [-0.1, -0.05) is 61.5 Å². The second-order valence-corrected chi connectivity index (χ2v) is 7.69. The van der Waals surface area contributed by atoms with Gasteiger partial charge in [0.15, 0.2) is 11.4 Å². The first-order chi connectivity index (χ1) is 14.8. The van der Waals surface area contributed by atoms with Crippen LogP contribution in [0, 0.1) is 0 Å². The zero-order valence-corrected chi connectivity index (χ0v) is 17.3. The standard InChI is InChI=1S/C25H26N4O/c1-2-22-26-23-20-12-6-7-13-21(20)30-24(23)25(27-22)29-17-15-28(16-18-29)14-8-11-19-9-4-3-5-10-19/h3-13H,2,14-18H2,1H3. The van der Waals surface area contributed by atoms with E-state index in [1.807, 2.05) is 24.3 Å². The van der Waals surface area contributed by atoms with E-state index in [-0.39, 0.29) is 0 Å². The van der Waals surface area contributed by atoms with Gasteiger partial charge < -0.3 is 9.32 Å². The van der Waals surface area contributed by atoms with E-state index in [1.54, 1.807) is 0 Å². The van der Waals surface area contributed by atoms with Crippen LogP contribution < -0.4 is 4.90 Å². The Hall–Kier alpha value is -3.18. The van der Waals surface area contributed by atoms with Crippen molar-refractivity contribution in [2.24, 2.45) is 0 Å². The molecule has 5 nitrogen and oxygen atoms in total. The van der Waals surface area contributed by atoms with Crippen molar-refractivity contribution in [3.63, 3.8) is 0 Å². The van der Waals surface area contributed by atoms with Crippen LogP contribution in [0.3, 0.4) is 0 Å². The molecule has 1 saturated heterocycles. The van der Waals surface area contributed by atoms with E-state index in [1.165, 1.54) is 5.56 Å². The largest absolute Gasteiger partial charge is 0.450 e. The number of fused-ring (bicyclic) bond motifs is 3. The maximum absolute atomic E-state index is 6.19. The lowest BCUT2D eigenvalue weighted by molar-refractivity contribution is 0.283. The molecule has 2 aromatic carbocycles. The Labute approximate surface area is 176 Å². The van der Waals surface area contributed by atoms with Crippen molar-refractivity contribution in [2.45, 2.75) is 13.3 Å².